The SMILES string of the molecule is Cn1ncc2cc(-n3ccc(=O)[nH]c3=O)ccc21. The van der Waals surface area contributed by atoms with Gasteiger partial charge in [0.05, 0.1) is 17.4 Å². The van der Waals surface area contributed by atoms with Gasteiger partial charge in [0, 0.05) is 24.7 Å². The molecule has 0 fully saturated rings. The van der Waals surface area contributed by atoms with Crippen LogP contribution in [0.25, 0.3) is 16.6 Å². The third-order valence-corrected chi connectivity index (χ3v) is 2.83. The summed E-state index contributed by atoms with van der Waals surface area (Å²) in [5.41, 5.74) is 0.817. The second-order valence-electron chi connectivity index (χ2n) is 3.99. The van der Waals surface area contributed by atoms with Crippen LogP contribution in [-0.4, -0.2) is 19.3 Å². The van der Waals surface area contributed by atoms with Crippen molar-refractivity contribution in [3.05, 3.63) is 57.5 Å². The molecular weight excluding hydrogens is 232 g/mol. The molecule has 0 atom stereocenters. The Bertz CT molecular complexity index is 841. The molecule has 0 bridgehead atoms. The highest BCUT2D eigenvalue weighted by atomic mass is 16.2. The lowest BCUT2D eigenvalue weighted by molar-refractivity contribution is 0.797. The van der Waals surface area contributed by atoms with Crippen LogP contribution in [0.4, 0.5) is 0 Å². The molecule has 0 aliphatic carbocycles. The highest BCUT2D eigenvalue weighted by Gasteiger charge is 2.04. The van der Waals surface area contributed by atoms with Crippen LogP contribution in [-0.2, 0) is 7.05 Å². The average molecular weight is 242 g/mol. The summed E-state index contributed by atoms with van der Waals surface area (Å²) in [6.45, 7) is 0. The first-order valence-corrected chi connectivity index (χ1v) is 5.39. The van der Waals surface area contributed by atoms with E-state index in [2.05, 4.69) is 10.1 Å². The number of hydrogen-bond acceptors (Lipinski definition) is 3. The summed E-state index contributed by atoms with van der Waals surface area (Å²) >= 11 is 0. The number of aromatic amines is 1. The molecule has 3 aromatic rings. The highest BCUT2D eigenvalue weighted by molar-refractivity contribution is 5.80. The van der Waals surface area contributed by atoms with Crippen LogP contribution in [0.2, 0.25) is 0 Å². The number of hydrogen-bond donors (Lipinski definition) is 1. The third kappa shape index (κ3) is 1.55. The van der Waals surface area contributed by atoms with E-state index < -0.39 is 11.2 Å². The van der Waals surface area contributed by atoms with Crippen molar-refractivity contribution in [1.82, 2.24) is 19.3 Å². The van der Waals surface area contributed by atoms with E-state index in [4.69, 9.17) is 0 Å². The second-order valence-corrected chi connectivity index (χ2v) is 3.99. The van der Waals surface area contributed by atoms with Gasteiger partial charge < -0.3 is 0 Å². The summed E-state index contributed by atoms with van der Waals surface area (Å²) in [4.78, 5) is 24.9. The van der Waals surface area contributed by atoms with E-state index in [-0.39, 0.29) is 0 Å². The molecule has 1 aromatic carbocycles. The van der Waals surface area contributed by atoms with Gasteiger partial charge in [0.25, 0.3) is 5.56 Å². The van der Waals surface area contributed by atoms with Crippen LogP contribution < -0.4 is 11.2 Å². The third-order valence-electron chi connectivity index (χ3n) is 2.83. The van der Waals surface area contributed by atoms with Crippen molar-refractivity contribution in [2.24, 2.45) is 7.05 Å². The molecule has 0 saturated carbocycles. The summed E-state index contributed by atoms with van der Waals surface area (Å²) in [5, 5.41) is 5.08. The Balaban J connectivity index is 2.25. The van der Waals surface area contributed by atoms with Crippen molar-refractivity contribution < 1.29 is 0 Å². The van der Waals surface area contributed by atoms with Gasteiger partial charge in [-0.15, -0.1) is 0 Å². The Hall–Kier alpha value is -2.63. The molecule has 6 heteroatoms. The minimum atomic E-state index is -0.453. The molecule has 2 aromatic heterocycles. The molecule has 0 amide bonds. The molecule has 2 heterocycles. The fourth-order valence-corrected chi connectivity index (χ4v) is 1.92. The normalized spacial score (nSPS) is 10.9. The lowest BCUT2D eigenvalue weighted by Gasteiger charge is -2.04. The lowest BCUT2D eigenvalue weighted by atomic mass is 10.2. The largest absolute Gasteiger partial charge is 0.332 e. The van der Waals surface area contributed by atoms with Gasteiger partial charge in [-0.1, -0.05) is 0 Å². The zero-order valence-corrected chi connectivity index (χ0v) is 9.62. The molecule has 90 valence electrons. The summed E-state index contributed by atoms with van der Waals surface area (Å²) in [7, 11) is 1.86. The standard InChI is InChI=1S/C12H10N4O2/c1-15-10-3-2-9(6-8(10)7-13-15)16-5-4-11(17)14-12(16)18/h2-7H,1H3,(H,14,17,18). The van der Waals surface area contributed by atoms with Crippen LogP contribution in [0.3, 0.4) is 0 Å². The number of aryl methyl sites for hydroxylation is 1. The van der Waals surface area contributed by atoms with Gasteiger partial charge in [-0.05, 0) is 18.2 Å². The van der Waals surface area contributed by atoms with Gasteiger partial charge >= 0.3 is 5.69 Å². The van der Waals surface area contributed by atoms with Crippen LogP contribution in [0.1, 0.15) is 0 Å². The van der Waals surface area contributed by atoms with Crippen molar-refractivity contribution in [1.29, 1.82) is 0 Å². The Morgan fingerprint density at radius 1 is 1.22 bits per heavy atom. The minimum absolute atomic E-state index is 0.404. The first kappa shape index (κ1) is 10.5. The summed E-state index contributed by atoms with van der Waals surface area (Å²) in [5.74, 6) is 0. The Labute approximate surface area is 101 Å². The number of aromatic nitrogens is 4. The van der Waals surface area contributed by atoms with E-state index in [0.29, 0.717) is 5.69 Å². The fourth-order valence-electron chi connectivity index (χ4n) is 1.92. The molecule has 18 heavy (non-hydrogen) atoms. The van der Waals surface area contributed by atoms with Crippen LogP contribution >= 0.6 is 0 Å². The van der Waals surface area contributed by atoms with Crippen LogP contribution in [0, 0.1) is 0 Å². The number of nitrogens with zero attached hydrogens (tertiary/aromatic N) is 3. The summed E-state index contributed by atoms with van der Waals surface area (Å²) in [6, 6.07) is 6.86. The predicted octanol–water partition coefficient (Wildman–Crippen LogP) is 0.412. The van der Waals surface area contributed by atoms with Crippen molar-refractivity contribution in [3.63, 3.8) is 0 Å². The molecular formula is C12H10N4O2. The Morgan fingerprint density at radius 3 is 2.83 bits per heavy atom. The van der Waals surface area contributed by atoms with E-state index in [1.54, 1.807) is 10.9 Å². The van der Waals surface area contributed by atoms with Gasteiger partial charge in [-0.3, -0.25) is 19.0 Å². The van der Waals surface area contributed by atoms with Crippen molar-refractivity contribution in [3.8, 4) is 5.69 Å². The average Bonchev–Trinajstić information content (AvgIpc) is 2.71. The number of fused-ring (bicyclic) bond motifs is 1. The van der Waals surface area contributed by atoms with Crippen LogP contribution in [0.5, 0.6) is 0 Å². The predicted molar refractivity (Wildman–Crippen MR) is 66.9 cm³/mol. The maximum atomic E-state index is 11.7. The quantitative estimate of drug-likeness (QED) is 0.671. The molecule has 0 aliphatic heterocycles. The molecule has 0 saturated heterocycles. The number of rotatable bonds is 1. The zero-order valence-electron chi connectivity index (χ0n) is 9.62. The van der Waals surface area contributed by atoms with E-state index in [1.807, 2.05) is 25.2 Å². The van der Waals surface area contributed by atoms with Gasteiger partial charge in [-0.2, -0.15) is 5.10 Å². The van der Waals surface area contributed by atoms with Gasteiger partial charge in [0.2, 0.25) is 0 Å². The van der Waals surface area contributed by atoms with Crippen molar-refractivity contribution in [2.75, 3.05) is 0 Å². The second kappa shape index (κ2) is 3.69. The number of H-pyrrole nitrogens is 1. The van der Waals surface area contributed by atoms with Crippen molar-refractivity contribution >= 4 is 10.9 Å². The van der Waals surface area contributed by atoms with E-state index >= 15 is 0 Å². The maximum Gasteiger partial charge on any atom is 0.332 e. The zero-order chi connectivity index (χ0) is 12.7. The minimum Gasteiger partial charge on any atom is -0.274 e. The van der Waals surface area contributed by atoms with E-state index in [9.17, 15) is 9.59 Å². The van der Waals surface area contributed by atoms with Gasteiger partial charge in [0.1, 0.15) is 0 Å². The topological polar surface area (TPSA) is 72.7 Å². The molecule has 3 rings (SSSR count). The molecule has 0 unspecified atom stereocenters. The van der Waals surface area contributed by atoms with Gasteiger partial charge in [0.15, 0.2) is 0 Å². The van der Waals surface area contributed by atoms with E-state index in [0.717, 1.165) is 10.9 Å². The maximum absolute atomic E-state index is 11.7. The first-order chi connectivity index (χ1) is 8.65. The number of nitrogens with one attached hydrogen (secondary N) is 1. The summed E-state index contributed by atoms with van der Waals surface area (Å²) in [6.07, 6.45) is 3.19. The van der Waals surface area contributed by atoms with Crippen LogP contribution in [0.15, 0.2) is 46.2 Å². The molecule has 0 aliphatic rings. The fraction of sp³-hybridized carbons (Fsp3) is 0.0833. The highest BCUT2D eigenvalue weighted by Crippen LogP contribution is 2.16. The number of benzene rings is 1. The summed E-state index contributed by atoms with van der Waals surface area (Å²) < 4.78 is 3.14. The smallest absolute Gasteiger partial charge is 0.274 e. The Morgan fingerprint density at radius 2 is 2.06 bits per heavy atom. The Kier molecular flexibility index (Phi) is 2.16. The van der Waals surface area contributed by atoms with E-state index in [1.165, 1.54) is 16.8 Å². The first-order valence-electron chi connectivity index (χ1n) is 5.39. The molecule has 1 N–H and O–H groups in total. The molecule has 0 radical (unpaired) electrons. The van der Waals surface area contributed by atoms with Crippen molar-refractivity contribution in [2.45, 2.75) is 0 Å². The molecule has 0 spiro atoms. The molecule has 6 nitrogen and oxygen atoms in total. The monoisotopic (exact) mass is 242 g/mol. The lowest BCUT2D eigenvalue weighted by Crippen LogP contribution is -2.27. The van der Waals surface area contributed by atoms with Gasteiger partial charge in [-0.25, -0.2) is 4.79 Å².